The van der Waals surface area contributed by atoms with Crippen molar-refractivity contribution < 1.29 is 0 Å². The zero-order valence-corrected chi connectivity index (χ0v) is 8.00. The van der Waals surface area contributed by atoms with Gasteiger partial charge >= 0.3 is 0 Å². The topological polar surface area (TPSA) is 41.6 Å². The van der Waals surface area contributed by atoms with Crippen molar-refractivity contribution in [1.29, 1.82) is 0 Å². The Morgan fingerprint density at radius 1 is 1.54 bits per heavy atom. The summed E-state index contributed by atoms with van der Waals surface area (Å²) in [5.74, 6) is 0.361. The molecule has 1 heterocycles. The molecule has 0 spiro atoms. The lowest BCUT2D eigenvalue weighted by Gasteiger charge is -2.08. The Balaban J connectivity index is 2.10. The van der Waals surface area contributed by atoms with Crippen LogP contribution in [0.25, 0.3) is 0 Å². The highest BCUT2D eigenvalue weighted by molar-refractivity contribution is 7.80. The van der Waals surface area contributed by atoms with E-state index >= 15 is 0 Å². The number of hydrogen-bond acceptors (Lipinski definition) is 2. The van der Waals surface area contributed by atoms with Gasteiger partial charge in [0.2, 0.25) is 0 Å². The second kappa shape index (κ2) is 3.30. The fourth-order valence-electron chi connectivity index (χ4n) is 1.52. The molecule has 0 saturated carbocycles. The van der Waals surface area contributed by atoms with Crippen LogP contribution in [0.4, 0.5) is 0 Å². The van der Waals surface area contributed by atoms with Crippen molar-refractivity contribution in [2.45, 2.75) is 6.42 Å². The van der Waals surface area contributed by atoms with Gasteiger partial charge in [0.15, 0.2) is 5.11 Å². The highest BCUT2D eigenvalue weighted by Gasteiger charge is 2.21. The van der Waals surface area contributed by atoms with Crippen LogP contribution >= 0.6 is 12.2 Å². The molecule has 68 valence electrons. The number of allylic oxidation sites excluding steroid dienone is 4. The van der Waals surface area contributed by atoms with Crippen molar-refractivity contribution in [3.8, 4) is 0 Å². The van der Waals surface area contributed by atoms with Gasteiger partial charge in [-0.3, -0.25) is 0 Å². The predicted octanol–water partition coefficient (Wildman–Crippen LogP) is 1.03. The monoisotopic (exact) mass is 193 g/mol. The van der Waals surface area contributed by atoms with Crippen molar-refractivity contribution >= 4 is 23.0 Å². The zero-order chi connectivity index (χ0) is 9.26. The van der Waals surface area contributed by atoms with Crippen molar-refractivity contribution in [1.82, 2.24) is 5.01 Å². The highest BCUT2D eigenvalue weighted by atomic mass is 32.1. The van der Waals surface area contributed by atoms with E-state index in [9.17, 15) is 0 Å². The maximum atomic E-state index is 5.47. The third-order valence-electron chi connectivity index (χ3n) is 2.22. The van der Waals surface area contributed by atoms with Crippen molar-refractivity contribution in [2.75, 3.05) is 6.54 Å². The molecule has 1 aliphatic heterocycles. The number of nitrogens with two attached hydrogens (primary N) is 1. The minimum Gasteiger partial charge on any atom is -0.375 e. The summed E-state index contributed by atoms with van der Waals surface area (Å²) < 4.78 is 0. The van der Waals surface area contributed by atoms with Gasteiger partial charge in [-0.05, 0) is 12.2 Å². The molecule has 0 bridgehead atoms. The molecule has 0 aromatic carbocycles. The quantitative estimate of drug-likeness (QED) is 0.632. The summed E-state index contributed by atoms with van der Waals surface area (Å²) in [4.78, 5) is 0. The van der Waals surface area contributed by atoms with Crippen LogP contribution in [0.15, 0.2) is 29.4 Å². The van der Waals surface area contributed by atoms with Crippen LogP contribution in [-0.2, 0) is 0 Å². The van der Waals surface area contributed by atoms with Crippen LogP contribution in [0.2, 0.25) is 0 Å². The van der Waals surface area contributed by atoms with E-state index in [1.807, 2.05) is 12.2 Å². The Labute approximate surface area is 82.6 Å². The highest BCUT2D eigenvalue weighted by Crippen LogP contribution is 2.18. The summed E-state index contributed by atoms with van der Waals surface area (Å²) in [6.07, 6.45) is 9.29. The standard InChI is InChI=1S/C9H11N3S/c10-9(13)12-6-5-8(11-12)7-3-1-2-4-7/h1-4,7H,5-6H2,(H2,10,13). The van der Waals surface area contributed by atoms with E-state index in [1.165, 1.54) is 0 Å². The Bertz CT molecular complexity index is 305. The van der Waals surface area contributed by atoms with Gasteiger partial charge in [0.25, 0.3) is 0 Å². The number of hydrazone groups is 1. The predicted molar refractivity (Wildman–Crippen MR) is 57.3 cm³/mol. The molecule has 2 rings (SSSR count). The van der Waals surface area contributed by atoms with Crippen LogP contribution in [0.5, 0.6) is 0 Å². The summed E-state index contributed by atoms with van der Waals surface area (Å²) in [5.41, 5.74) is 6.62. The van der Waals surface area contributed by atoms with Gasteiger partial charge in [0.1, 0.15) is 0 Å². The first-order chi connectivity index (χ1) is 6.27. The molecule has 2 N–H and O–H groups in total. The number of thiocarbonyl (C=S) groups is 1. The molecule has 0 unspecified atom stereocenters. The molecule has 0 aromatic heterocycles. The van der Waals surface area contributed by atoms with E-state index < -0.39 is 0 Å². The van der Waals surface area contributed by atoms with Crippen molar-refractivity contribution in [3.63, 3.8) is 0 Å². The molecule has 0 amide bonds. The molecule has 0 aromatic rings. The third-order valence-corrected chi connectivity index (χ3v) is 2.43. The van der Waals surface area contributed by atoms with E-state index in [-0.39, 0.29) is 0 Å². The third kappa shape index (κ3) is 1.62. The summed E-state index contributed by atoms with van der Waals surface area (Å²) >= 11 is 4.84. The number of rotatable bonds is 1. The average molecular weight is 193 g/mol. The molecule has 0 radical (unpaired) electrons. The molecule has 0 fully saturated rings. The molecule has 3 nitrogen and oxygen atoms in total. The van der Waals surface area contributed by atoms with Crippen LogP contribution < -0.4 is 5.73 Å². The van der Waals surface area contributed by atoms with Gasteiger partial charge in [-0.15, -0.1) is 0 Å². The average Bonchev–Trinajstić information content (AvgIpc) is 2.75. The van der Waals surface area contributed by atoms with E-state index in [2.05, 4.69) is 17.3 Å². The summed E-state index contributed by atoms with van der Waals surface area (Å²) in [7, 11) is 0. The second-order valence-electron chi connectivity index (χ2n) is 3.10. The minimum atomic E-state index is 0.361. The van der Waals surface area contributed by atoms with E-state index in [1.54, 1.807) is 5.01 Å². The lowest BCUT2D eigenvalue weighted by atomic mass is 10.0. The fraction of sp³-hybridized carbons (Fsp3) is 0.333. The molecule has 4 heteroatoms. The van der Waals surface area contributed by atoms with Crippen molar-refractivity contribution in [2.24, 2.45) is 16.8 Å². The number of nitrogens with zero attached hydrogens (tertiary/aromatic N) is 2. The van der Waals surface area contributed by atoms with E-state index in [0.717, 1.165) is 18.7 Å². The molecule has 2 aliphatic rings. The fourth-order valence-corrected chi connectivity index (χ4v) is 1.65. The van der Waals surface area contributed by atoms with Crippen LogP contribution in [0.3, 0.4) is 0 Å². The second-order valence-corrected chi connectivity index (χ2v) is 3.52. The van der Waals surface area contributed by atoms with Crippen LogP contribution in [0.1, 0.15) is 6.42 Å². The zero-order valence-electron chi connectivity index (χ0n) is 7.18. The molecular formula is C9H11N3S. The van der Waals surface area contributed by atoms with E-state index in [0.29, 0.717) is 11.0 Å². The van der Waals surface area contributed by atoms with Crippen molar-refractivity contribution in [3.05, 3.63) is 24.3 Å². The van der Waals surface area contributed by atoms with Gasteiger partial charge in [-0.1, -0.05) is 24.3 Å². The summed E-state index contributed by atoms with van der Waals surface area (Å²) in [5, 5.41) is 6.40. The Kier molecular flexibility index (Phi) is 2.14. The lowest BCUT2D eigenvalue weighted by Crippen LogP contribution is -2.28. The van der Waals surface area contributed by atoms with Crippen LogP contribution in [-0.4, -0.2) is 22.4 Å². The first-order valence-corrected chi connectivity index (χ1v) is 4.67. The maximum absolute atomic E-state index is 5.47. The smallest absolute Gasteiger partial charge is 0.186 e. The molecule has 1 aliphatic carbocycles. The van der Waals surface area contributed by atoms with Gasteiger partial charge in [0.05, 0.1) is 5.71 Å². The number of hydrogen-bond donors (Lipinski definition) is 1. The maximum Gasteiger partial charge on any atom is 0.186 e. The SMILES string of the molecule is NC(=S)N1CCC(C2C=CC=C2)=N1. The molecule has 13 heavy (non-hydrogen) atoms. The largest absolute Gasteiger partial charge is 0.375 e. The lowest BCUT2D eigenvalue weighted by molar-refractivity contribution is 0.495. The molecule has 0 saturated heterocycles. The van der Waals surface area contributed by atoms with Gasteiger partial charge < -0.3 is 5.73 Å². The molecular weight excluding hydrogens is 182 g/mol. The first kappa shape index (κ1) is 8.44. The van der Waals surface area contributed by atoms with Gasteiger partial charge in [0, 0.05) is 18.9 Å². The summed E-state index contributed by atoms with van der Waals surface area (Å²) in [6, 6.07) is 0. The molecule has 0 atom stereocenters. The van der Waals surface area contributed by atoms with E-state index in [4.69, 9.17) is 18.0 Å². The first-order valence-electron chi connectivity index (χ1n) is 4.27. The van der Waals surface area contributed by atoms with Crippen LogP contribution in [0, 0.1) is 5.92 Å². The summed E-state index contributed by atoms with van der Waals surface area (Å²) in [6.45, 7) is 0.822. The van der Waals surface area contributed by atoms with Gasteiger partial charge in [-0.2, -0.15) is 5.10 Å². The Morgan fingerprint density at radius 2 is 2.23 bits per heavy atom. The Morgan fingerprint density at radius 3 is 2.77 bits per heavy atom. The minimum absolute atomic E-state index is 0.361. The normalized spacial score (nSPS) is 21.2. The van der Waals surface area contributed by atoms with Gasteiger partial charge in [-0.25, -0.2) is 5.01 Å². The Hall–Kier alpha value is -1.16.